The monoisotopic (exact) mass is 333 g/mol. The maximum Gasteiger partial charge on any atom is 0.231 e. The molecule has 1 heterocycles. The highest BCUT2D eigenvalue weighted by Crippen LogP contribution is 2.32. The minimum absolute atomic E-state index is 0.0421. The average Bonchev–Trinajstić information content (AvgIpc) is 2.92. The molecular formula is C14H17Cl2NO4. The van der Waals surface area contributed by atoms with Gasteiger partial charge in [-0.25, -0.2) is 0 Å². The van der Waals surface area contributed by atoms with Crippen LogP contribution in [0.3, 0.4) is 0 Å². The van der Waals surface area contributed by atoms with Gasteiger partial charge in [-0.1, -0.05) is 13.0 Å². The fourth-order valence-electron chi connectivity index (χ4n) is 1.65. The molecule has 21 heavy (non-hydrogen) atoms. The SMILES string of the molecule is CCC(CC(=O)Cl)C(=O)Cl.NCc1ccc2c(c1)OCO2. The van der Waals surface area contributed by atoms with Crippen molar-refractivity contribution in [2.24, 2.45) is 11.7 Å². The lowest BCUT2D eigenvalue weighted by atomic mass is 10.1. The Labute approximate surface area is 133 Å². The molecule has 2 N–H and O–H groups in total. The maximum atomic E-state index is 10.5. The van der Waals surface area contributed by atoms with Crippen molar-refractivity contribution >= 4 is 33.7 Å². The first-order valence-electron chi connectivity index (χ1n) is 6.44. The van der Waals surface area contributed by atoms with Crippen LogP contribution < -0.4 is 15.2 Å². The number of ether oxygens (including phenoxy) is 2. The third-order valence-corrected chi connectivity index (χ3v) is 3.36. The summed E-state index contributed by atoms with van der Waals surface area (Å²) < 4.78 is 10.3. The van der Waals surface area contributed by atoms with Crippen molar-refractivity contribution in [3.63, 3.8) is 0 Å². The second-order valence-corrected chi connectivity index (χ2v) is 5.15. The maximum absolute atomic E-state index is 10.5. The van der Waals surface area contributed by atoms with Gasteiger partial charge >= 0.3 is 0 Å². The third kappa shape index (κ3) is 5.91. The van der Waals surface area contributed by atoms with Gasteiger partial charge in [0.2, 0.25) is 17.3 Å². The average molecular weight is 334 g/mol. The molecule has 1 aliphatic heterocycles. The number of hydrogen-bond acceptors (Lipinski definition) is 5. The number of rotatable bonds is 5. The highest BCUT2D eigenvalue weighted by atomic mass is 35.5. The molecule has 1 aromatic rings. The third-order valence-electron chi connectivity index (χ3n) is 2.89. The predicted octanol–water partition coefficient (Wildman–Crippen LogP) is 2.81. The van der Waals surface area contributed by atoms with Gasteiger partial charge in [0.25, 0.3) is 0 Å². The Morgan fingerprint density at radius 2 is 1.95 bits per heavy atom. The first kappa shape index (κ1) is 17.8. The van der Waals surface area contributed by atoms with Gasteiger partial charge in [-0.3, -0.25) is 9.59 Å². The van der Waals surface area contributed by atoms with Gasteiger partial charge in [-0.05, 0) is 47.3 Å². The summed E-state index contributed by atoms with van der Waals surface area (Å²) in [5, 5.41) is -1.00. The van der Waals surface area contributed by atoms with Crippen molar-refractivity contribution in [1.82, 2.24) is 0 Å². The molecule has 0 aromatic heterocycles. The van der Waals surface area contributed by atoms with Crippen LogP contribution in [0, 0.1) is 5.92 Å². The molecule has 0 radical (unpaired) electrons. The smallest absolute Gasteiger partial charge is 0.231 e. The number of fused-ring (bicyclic) bond motifs is 1. The van der Waals surface area contributed by atoms with E-state index in [1.807, 2.05) is 18.2 Å². The molecule has 1 atom stereocenters. The minimum atomic E-state index is -0.513. The Morgan fingerprint density at radius 3 is 2.43 bits per heavy atom. The van der Waals surface area contributed by atoms with E-state index in [-0.39, 0.29) is 6.42 Å². The summed E-state index contributed by atoms with van der Waals surface area (Å²) in [5.41, 5.74) is 6.51. The zero-order valence-corrected chi connectivity index (χ0v) is 13.1. The van der Waals surface area contributed by atoms with E-state index in [0.29, 0.717) is 19.8 Å². The summed E-state index contributed by atoms with van der Waals surface area (Å²) >= 11 is 10.2. The summed E-state index contributed by atoms with van der Waals surface area (Å²) in [6, 6.07) is 5.72. The second-order valence-electron chi connectivity index (χ2n) is 4.36. The van der Waals surface area contributed by atoms with Crippen LogP contribution in [0.5, 0.6) is 11.5 Å². The fraction of sp³-hybridized carbons (Fsp3) is 0.429. The van der Waals surface area contributed by atoms with Crippen LogP contribution >= 0.6 is 23.2 Å². The Bertz CT molecular complexity index is 508. The molecular weight excluding hydrogens is 317 g/mol. The molecule has 5 nitrogen and oxygen atoms in total. The van der Waals surface area contributed by atoms with Crippen LogP contribution in [0.1, 0.15) is 25.3 Å². The standard InChI is InChI=1S/C8H9NO2.C6H8Cl2O2/c9-4-6-1-2-7-8(3-6)11-5-10-7;1-2-4(6(8)10)3-5(7)9/h1-3H,4-5,9H2;4H,2-3H2,1H3. The lowest BCUT2D eigenvalue weighted by Crippen LogP contribution is -2.10. The number of hydrogen-bond donors (Lipinski definition) is 1. The Morgan fingerprint density at radius 1 is 1.29 bits per heavy atom. The number of carbonyl (C=O) groups is 2. The number of nitrogens with two attached hydrogens (primary N) is 1. The molecule has 2 rings (SSSR count). The number of halogens is 2. The van der Waals surface area contributed by atoms with E-state index in [2.05, 4.69) is 0 Å². The molecule has 0 amide bonds. The summed E-state index contributed by atoms with van der Waals surface area (Å²) in [4.78, 5) is 20.7. The van der Waals surface area contributed by atoms with Gasteiger partial charge in [0, 0.05) is 18.9 Å². The zero-order chi connectivity index (χ0) is 15.8. The van der Waals surface area contributed by atoms with E-state index < -0.39 is 16.4 Å². The first-order chi connectivity index (χ1) is 9.97. The van der Waals surface area contributed by atoms with Gasteiger partial charge < -0.3 is 15.2 Å². The molecule has 1 aromatic carbocycles. The van der Waals surface area contributed by atoms with Crippen LogP contribution in [-0.4, -0.2) is 17.3 Å². The lowest BCUT2D eigenvalue weighted by molar-refractivity contribution is -0.119. The van der Waals surface area contributed by atoms with Crippen molar-refractivity contribution in [1.29, 1.82) is 0 Å². The molecule has 0 fully saturated rings. The quantitative estimate of drug-likeness (QED) is 0.838. The molecule has 0 saturated heterocycles. The summed E-state index contributed by atoms with van der Waals surface area (Å²) in [5.74, 6) is 1.20. The van der Waals surface area contributed by atoms with Gasteiger partial charge in [0.1, 0.15) is 0 Å². The first-order valence-corrected chi connectivity index (χ1v) is 7.19. The van der Waals surface area contributed by atoms with E-state index in [9.17, 15) is 9.59 Å². The van der Waals surface area contributed by atoms with E-state index in [1.54, 1.807) is 6.92 Å². The summed E-state index contributed by atoms with van der Waals surface area (Å²) in [6.45, 7) is 2.64. The van der Waals surface area contributed by atoms with Crippen LogP contribution in [-0.2, 0) is 16.1 Å². The van der Waals surface area contributed by atoms with Crippen molar-refractivity contribution in [2.45, 2.75) is 26.3 Å². The predicted molar refractivity (Wildman–Crippen MR) is 80.6 cm³/mol. The van der Waals surface area contributed by atoms with Gasteiger partial charge in [0.05, 0.1) is 0 Å². The van der Waals surface area contributed by atoms with Crippen molar-refractivity contribution in [3.8, 4) is 11.5 Å². The minimum Gasteiger partial charge on any atom is -0.454 e. The van der Waals surface area contributed by atoms with E-state index in [1.165, 1.54) is 0 Å². The van der Waals surface area contributed by atoms with Crippen LogP contribution in [0.4, 0.5) is 0 Å². The molecule has 1 aliphatic rings. The molecule has 116 valence electrons. The van der Waals surface area contributed by atoms with Crippen LogP contribution in [0.25, 0.3) is 0 Å². The highest BCUT2D eigenvalue weighted by molar-refractivity contribution is 6.66. The number of benzene rings is 1. The van der Waals surface area contributed by atoms with Gasteiger partial charge in [-0.2, -0.15) is 0 Å². The molecule has 0 aliphatic carbocycles. The summed E-state index contributed by atoms with van der Waals surface area (Å²) in [7, 11) is 0. The molecule has 7 heteroatoms. The fourth-order valence-corrected chi connectivity index (χ4v) is 2.06. The summed E-state index contributed by atoms with van der Waals surface area (Å²) in [6.07, 6.45) is 0.598. The number of carbonyl (C=O) groups excluding carboxylic acids is 2. The molecule has 0 bridgehead atoms. The molecule has 0 spiro atoms. The second kappa shape index (κ2) is 8.87. The van der Waals surface area contributed by atoms with Crippen molar-refractivity contribution in [2.75, 3.05) is 6.79 Å². The van der Waals surface area contributed by atoms with E-state index in [0.717, 1.165) is 17.1 Å². The lowest BCUT2D eigenvalue weighted by Gasteiger charge is -2.03. The Balaban J connectivity index is 0.000000212. The largest absolute Gasteiger partial charge is 0.454 e. The van der Waals surface area contributed by atoms with Crippen molar-refractivity contribution < 1.29 is 19.1 Å². The van der Waals surface area contributed by atoms with Crippen molar-refractivity contribution in [3.05, 3.63) is 23.8 Å². The van der Waals surface area contributed by atoms with Crippen LogP contribution in [0.15, 0.2) is 18.2 Å². The molecule has 0 saturated carbocycles. The van der Waals surface area contributed by atoms with Crippen LogP contribution in [0.2, 0.25) is 0 Å². The van der Waals surface area contributed by atoms with E-state index >= 15 is 0 Å². The Hall–Kier alpha value is -1.30. The van der Waals surface area contributed by atoms with E-state index in [4.69, 9.17) is 38.4 Å². The van der Waals surface area contributed by atoms with Gasteiger partial charge in [-0.15, -0.1) is 0 Å². The van der Waals surface area contributed by atoms with Gasteiger partial charge in [0.15, 0.2) is 11.5 Å². The zero-order valence-electron chi connectivity index (χ0n) is 11.6. The Kier molecular flexibility index (Phi) is 7.50. The topological polar surface area (TPSA) is 78.6 Å². The normalized spacial score (nSPS) is 13.1. The molecule has 1 unspecified atom stereocenters. The highest BCUT2D eigenvalue weighted by Gasteiger charge is 2.16.